The molecule has 1 atom stereocenters. The van der Waals surface area contributed by atoms with Gasteiger partial charge in [0.25, 0.3) is 5.91 Å². The van der Waals surface area contributed by atoms with Gasteiger partial charge in [0, 0.05) is 43.5 Å². The first kappa shape index (κ1) is 22.3. The maximum absolute atomic E-state index is 12.8. The van der Waals surface area contributed by atoms with Crippen LogP contribution in [0.4, 0.5) is 11.5 Å². The lowest BCUT2D eigenvalue weighted by Crippen LogP contribution is -2.52. The molecule has 0 spiro atoms. The number of fused-ring (bicyclic) bond motifs is 1. The van der Waals surface area contributed by atoms with Gasteiger partial charge in [0.15, 0.2) is 5.65 Å². The van der Waals surface area contributed by atoms with Gasteiger partial charge in [0.1, 0.15) is 16.7 Å². The number of hydrogen-bond donors (Lipinski definition) is 2. The topological polar surface area (TPSA) is 90.0 Å². The minimum atomic E-state index is -0.0652. The van der Waals surface area contributed by atoms with Crippen molar-refractivity contribution in [2.24, 2.45) is 0 Å². The molecule has 1 saturated heterocycles. The maximum Gasteiger partial charge on any atom is 0.251 e. The molecule has 9 heteroatoms. The number of anilines is 2. The van der Waals surface area contributed by atoms with Gasteiger partial charge in [0.2, 0.25) is 0 Å². The van der Waals surface area contributed by atoms with Gasteiger partial charge in [-0.05, 0) is 53.0 Å². The maximum atomic E-state index is 12.8. The molecule has 0 bridgehead atoms. The number of carbonyl (C=O) groups is 1. The fourth-order valence-corrected chi connectivity index (χ4v) is 4.94. The first-order chi connectivity index (χ1) is 16.5. The molecule has 4 aromatic rings. The van der Waals surface area contributed by atoms with Crippen molar-refractivity contribution in [1.82, 2.24) is 25.5 Å². The van der Waals surface area contributed by atoms with Crippen LogP contribution in [-0.2, 0) is 6.54 Å². The number of halogens is 1. The zero-order chi connectivity index (χ0) is 23.7. The van der Waals surface area contributed by atoms with Gasteiger partial charge in [0.05, 0.1) is 5.39 Å². The molecule has 1 fully saturated rings. The Labute approximate surface area is 206 Å². The first-order valence-electron chi connectivity index (χ1n) is 11.3. The lowest BCUT2D eigenvalue weighted by molar-refractivity contribution is 0.0951. The quantitative estimate of drug-likeness (QED) is 0.413. The molecular weight excluding hydrogens is 494 g/mol. The standard InChI is InChI=1S/C25H26BrN7O/c1-16-8-9-19(25(34)27-13-18-6-4-3-5-7-18)12-20(16)33-11-10-32(14-17(33)2)24-21-22(26)30-31-23(21)28-15-29-24/h3-9,12,15,17H,10-11,13-14H2,1-2H3,(H,27,34)(H,28,29,30,31). The largest absolute Gasteiger partial charge is 0.365 e. The number of aryl methyl sites for hydroxylation is 1. The minimum absolute atomic E-state index is 0.0652. The summed E-state index contributed by atoms with van der Waals surface area (Å²) in [6.45, 7) is 7.23. The average Bonchev–Trinajstić information content (AvgIpc) is 3.24. The predicted octanol–water partition coefficient (Wildman–Crippen LogP) is 4.07. The Hall–Kier alpha value is -3.46. The molecule has 34 heavy (non-hydrogen) atoms. The number of carbonyl (C=O) groups excluding carboxylic acids is 1. The molecular formula is C25H26BrN7O. The minimum Gasteiger partial charge on any atom is -0.365 e. The van der Waals surface area contributed by atoms with Gasteiger partial charge in [-0.3, -0.25) is 9.89 Å². The number of H-pyrrole nitrogens is 1. The highest BCUT2D eigenvalue weighted by molar-refractivity contribution is 9.10. The SMILES string of the molecule is Cc1ccc(C(=O)NCc2ccccc2)cc1N1CCN(c2ncnc3n[nH]c(Br)c23)CC1C. The molecule has 1 aliphatic heterocycles. The summed E-state index contributed by atoms with van der Waals surface area (Å²) in [5.74, 6) is 0.812. The van der Waals surface area contributed by atoms with Crippen LogP contribution in [0.3, 0.4) is 0 Å². The molecule has 2 aromatic carbocycles. The molecule has 0 saturated carbocycles. The Balaban J connectivity index is 1.32. The number of rotatable bonds is 5. The second-order valence-electron chi connectivity index (χ2n) is 8.59. The van der Waals surface area contributed by atoms with Crippen LogP contribution in [0.2, 0.25) is 0 Å². The highest BCUT2D eigenvalue weighted by Gasteiger charge is 2.28. The van der Waals surface area contributed by atoms with Gasteiger partial charge in [-0.1, -0.05) is 36.4 Å². The van der Waals surface area contributed by atoms with E-state index in [1.165, 1.54) is 0 Å². The fourth-order valence-electron chi connectivity index (χ4n) is 4.49. The number of hydrogen-bond acceptors (Lipinski definition) is 6. The Morgan fingerprint density at radius 1 is 1.18 bits per heavy atom. The van der Waals surface area contributed by atoms with Crippen molar-refractivity contribution >= 4 is 44.4 Å². The third kappa shape index (κ3) is 4.35. The summed E-state index contributed by atoms with van der Waals surface area (Å²) in [5.41, 5.74) is 4.65. The number of aromatic nitrogens is 4. The molecule has 1 amide bonds. The third-order valence-corrected chi connectivity index (χ3v) is 6.86. The van der Waals surface area contributed by atoms with Crippen molar-refractivity contribution in [3.8, 4) is 0 Å². The van der Waals surface area contributed by atoms with E-state index in [9.17, 15) is 4.79 Å². The summed E-state index contributed by atoms with van der Waals surface area (Å²) >= 11 is 3.53. The average molecular weight is 520 g/mol. The number of aromatic amines is 1. The van der Waals surface area contributed by atoms with Crippen molar-refractivity contribution in [2.45, 2.75) is 26.4 Å². The van der Waals surface area contributed by atoms with Crippen LogP contribution in [0, 0.1) is 6.92 Å². The van der Waals surface area contributed by atoms with Crippen molar-refractivity contribution in [3.05, 3.63) is 76.2 Å². The predicted molar refractivity (Wildman–Crippen MR) is 137 cm³/mol. The summed E-state index contributed by atoms with van der Waals surface area (Å²) in [6.07, 6.45) is 1.56. The molecule has 2 N–H and O–H groups in total. The van der Waals surface area contributed by atoms with E-state index in [-0.39, 0.29) is 11.9 Å². The highest BCUT2D eigenvalue weighted by Crippen LogP contribution is 2.32. The number of nitrogens with one attached hydrogen (secondary N) is 2. The van der Waals surface area contributed by atoms with E-state index < -0.39 is 0 Å². The van der Waals surface area contributed by atoms with E-state index in [2.05, 4.69) is 65.1 Å². The van der Waals surface area contributed by atoms with E-state index in [0.717, 1.165) is 52.3 Å². The van der Waals surface area contributed by atoms with Gasteiger partial charge in [-0.15, -0.1) is 0 Å². The monoisotopic (exact) mass is 519 g/mol. The summed E-state index contributed by atoms with van der Waals surface area (Å²) < 4.78 is 0.790. The summed E-state index contributed by atoms with van der Waals surface area (Å²) in [5, 5.41) is 11.1. The van der Waals surface area contributed by atoms with Crippen LogP contribution < -0.4 is 15.1 Å². The summed E-state index contributed by atoms with van der Waals surface area (Å²) in [4.78, 5) is 26.3. The van der Waals surface area contributed by atoms with E-state index in [0.29, 0.717) is 17.8 Å². The van der Waals surface area contributed by atoms with Crippen LogP contribution in [0.1, 0.15) is 28.4 Å². The van der Waals surface area contributed by atoms with Crippen molar-refractivity contribution in [3.63, 3.8) is 0 Å². The van der Waals surface area contributed by atoms with E-state index >= 15 is 0 Å². The highest BCUT2D eigenvalue weighted by atomic mass is 79.9. The second-order valence-corrected chi connectivity index (χ2v) is 9.38. The van der Waals surface area contributed by atoms with E-state index in [1.807, 2.05) is 48.5 Å². The number of amides is 1. The fraction of sp³-hybridized carbons (Fsp3) is 0.280. The smallest absolute Gasteiger partial charge is 0.251 e. The van der Waals surface area contributed by atoms with Gasteiger partial charge >= 0.3 is 0 Å². The first-order valence-corrected chi connectivity index (χ1v) is 12.1. The molecule has 2 aromatic heterocycles. The molecule has 1 unspecified atom stereocenters. The molecule has 0 aliphatic carbocycles. The Morgan fingerprint density at radius 3 is 2.79 bits per heavy atom. The lowest BCUT2D eigenvalue weighted by Gasteiger charge is -2.42. The molecule has 5 rings (SSSR count). The van der Waals surface area contributed by atoms with Gasteiger partial charge in [-0.25, -0.2) is 9.97 Å². The Bertz CT molecular complexity index is 1320. The number of piperazine rings is 1. The molecule has 8 nitrogen and oxygen atoms in total. The third-order valence-electron chi connectivity index (χ3n) is 6.29. The zero-order valence-electron chi connectivity index (χ0n) is 19.1. The lowest BCUT2D eigenvalue weighted by atomic mass is 10.0. The molecule has 1 aliphatic rings. The summed E-state index contributed by atoms with van der Waals surface area (Å²) in [7, 11) is 0. The van der Waals surface area contributed by atoms with Crippen molar-refractivity contribution < 1.29 is 4.79 Å². The van der Waals surface area contributed by atoms with Crippen LogP contribution in [0.15, 0.2) is 59.5 Å². The van der Waals surface area contributed by atoms with Crippen molar-refractivity contribution in [1.29, 1.82) is 0 Å². The van der Waals surface area contributed by atoms with Crippen LogP contribution in [0.25, 0.3) is 11.0 Å². The molecule has 174 valence electrons. The van der Waals surface area contributed by atoms with Crippen molar-refractivity contribution in [2.75, 3.05) is 29.4 Å². The zero-order valence-corrected chi connectivity index (χ0v) is 20.7. The normalized spacial score (nSPS) is 16.1. The van der Waals surface area contributed by atoms with Gasteiger partial charge in [-0.2, -0.15) is 5.10 Å². The van der Waals surface area contributed by atoms with Gasteiger partial charge < -0.3 is 15.1 Å². The second kappa shape index (κ2) is 9.42. The summed E-state index contributed by atoms with van der Waals surface area (Å²) in [6, 6.07) is 16.1. The van der Waals surface area contributed by atoms with Crippen LogP contribution in [0.5, 0.6) is 0 Å². The number of benzene rings is 2. The Kier molecular flexibility index (Phi) is 6.19. The van der Waals surface area contributed by atoms with Crippen LogP contribution in [-0.4, -0.2) is 51.7 Å². The van der Waals surface area contributed by atoms with E-state index in [4.69, 9.17) is 0 Å². The number of nitrogens with zero attached hydrogens (tertiary/aromatic N) is 5. The Morgan fingerprint density at radius 2 is 2.00 bits per heavy atom. The van der Waals surface area contributed by atoms with Crippen LogP contribution >= 0.6 is 15.9 Å². The van der Waals surface area contributed by atoms with E-state index in [1.54, 1.807) is 6.33 Å². The molecule has 0 radical (unpaired) electrons. The molecule has 3 heterocycles.